The van der Waals surface area contributed by atoms with E-state index in [9.17, 15) is 4.79 Å². The molecule has 0 saturated heterocycles. The molecule has 1 aromatic heterocycles. The number of nitrogens with zero attached hydrogens (tertiary/aromatic N) is 2. The number of nitrogens with one attached hydrogen (secondary N) is 1. The molecule has 0 aliphatic rings. The molecule has 144 valence electrons. The molecule has 1 rings (SSSR count). The van der Waals surface area contributed by atoms with E-state index in [1.54, 1.807) is 0 Å². The van der Waals surface area contributed by atoms with Crippen molar-refractivity contribution in [2.45, 2.75) is 52.4 Å². The summed E-state index contributed by atoms with van der Waals surface area (Å²) in [5, 5.41) is 3.23. The van der Waals surface area contributed by atoms with Crippen LogP contribution in [0.4, 0.5) is 5.82 Å². The molecule has 0 saturated carbocycles. The molecule has 0 amide bonds. The highest BCUT2D eigenvalue weighted by molar-refractivity contribution is 6.28. The van der Waals surface area contributed by atoms with Crippen molar-refractivity contribution in [2.75, 3.05) is 25.6 Å². The average molecular weight is 384 g/mol. The molecule has 0 aliphatic heterocycles. The van der Waals surface area contributed by atoms with Gasteiger partial charge in [0.2, 0.25) is 11.6 Å². The van der Waals surface area contributed by atoms with Crippen LogP contribution in [-0.2, 0) is 19.0 Å². The van der Waals surface area contributed by atoms with E-state index >= 15 is 0 Å². The number of esters is 1. The van der Waals surface area contributed by atoms with Crippen LogP contribution in [0.25, 0.3) is 0 Å². The van der Waals surface area contributed by atoms with E-state index in [1.165, 1.54) is 13.3 Å². The van der Waals surface area contributed by atoms with Crippen LogP contribution in [0, 0.1) is 11.8 Å². The van der Waals surface area contributed by atoms with E-state index in [2.05, 4.69) is 27.1 Å². The molecule has 0 fully saturated rings. The van der Waals surface area contributed by atoms with Gasteiger partial charge >= 0.3 is 5.97 Å². The Balaban J connectivity index is 2.65. The summed E-state index contributed by atoms with van der Waals surface area (Å²) in [5.74, 6) is 6.03. The number of methoxy groups -OCH3 is 1. The number of carbonyl (C=O) groups is 1. The zero-order valence-corrected chi connectivity index (χ0v) is 16.6. The molecule has 1 aromatic rings. The SMILES string of the molecule is CCOC(C#Cc1cnc(Cl)nc1NCCCC(=O)OC(C)(C)C)OC. The van der Waals surface area contributed by atoms with E-state index < -0.39 is 11.9 Å². The van der Waals surface area contributed by atoms with Crippen molar-refractivity contribution in [1.29, 1.82) is 0 Å². The first-order valence-electron chi connectivity index (χ1n) is 8.39. The Bertz CT molecular complexity index is 650. The molecule has 0 bridgehead atoms. The van der Waals surface area contributed by atoms with Gasteiger partial charge in [0, 0.05) is 32.9 Å². The first kappa shape index (κ1) is 22.2. The maximum absolute atomic E-state index is 11.7. The molecule has 7 nitrogen and oxygen atoms in total. The molecule has 0 aromatic carbocycles. The Labute approximate surface area is 159 Å². The maximum atomic E-state index is 11.7. The summed E-state index contributed by atoms with van der Waals surface area (Å²) in [6.07, 6.45) is 1.79. The minimum Gasteiger partial charge on any atom is -0.460 e. The second-order valence-electron chi connectivity index (χ2n) is 6.31. The van der Waals surface area contributed by atoms with E-state index in [0.29, 0.717) is 37.4 Å². The van der Waals surface area contributed by atoms with Crippen LogP contribution in [-0.4, -0.2) is 48.1 Å². The first-order valence-corrected chi connectivity index (χ1v) is 8.77. The topological polar surface area (TPSA) is 82.6 Å². The van der Waals surface area contributed by atoms with Gasteiger partial charge in [-0.2, -0.15) is 4.98 Å². The average Bonchev–Trinajstić information content (AvgIpc) is 2.55. The maximum Gasteiger partial charge on any atom is 0.306 e. The lowest BCUT2D eigenvalue weighted by molar-refractivity contribution is -0.154. The monoisotopic (exact) mass is 383 g/mol. The Hall–Kier alpha value is -1.88. The van der Waals surface area contributed by atoms with Gasteiger partial charge in [-0.25, -0.2) is 4.98 Å². The van der Waals surface area contributed by atoms with Crippen molar-refractivity contribution in [1.82, 2.24) is 9.97 Å². The molecule has 0 radical (unpaired) electrons. The largest absolute Gasteiger partial charge is 0.460 e. The second kappa shape index (κ2) is 11.0. The van der Waals surface area contributed by atoms with Crippen molar-refractivity contribution in [3.63, 3.8) is 0 Å². The molecule has 1 atom stereocenters. The fourth-order valence-electron chi connectivity index (χ4n) is 1.88. The number of anilines is 1. The highest BCUT2D eigenvalue weighted by Gasteiger charge is 2.15. The number of halogens is 1. The van der Waals surface area contributed by atoms with Crippen molar-refractivity contribution < 1.29 is 19.0 Å². The van der Waals surface area contributed by atoms with Crippen LogP contribution in [0.5, 0.6) is 0 Å². The summed E-state index contributed by atoms with van der Waals surface area (Å²) < 4.78 is 15.7. The lowest BCUT2D eigenvalue weighted by Gasteiger charge is -2.19. The fourth-order valence-corrected chi connectivity index (χ4v) is 2.01. The van der Waals surface area contributed by atoms with Crippen LogP contribution < -0.4 is 5.32 Å². The fraction of sp³-hybridized carbons (Fsp3) is 0.611. The third kappa shape index (κ3) is 8.99. The second-order valence-corrected chi connectivity index (χ2v) is 6.65. The zero-order chi connectivity index (χ0) is 19.6. The number of hydrogen-bond acceptors (Lipinski definition) is 7. The van der Waals surface area contributed by atoms with Gasteiger partial charge in [0.25, 0.3) is 0 Å². The molecule has 1 heterocycles. The van der Waals surface area contributed by atoms with Crippen molar-refractivity contribution in [3.05, 3.63) is 17.0 Å². The molecule has 26 heavy (non-hydrogen) atoms. The molecule has 1 N–H and O–H groups in total. The van der Waals surface area contributed by atoms with Crippen LogP contribution in [0.3, 0.4) is 0 Å². The van der Waals surface area contributed by atoms with Crippen LogP contribution in [0.1, 0.15) is 46.1 Å². The Morgan fingerprint density at radius 3 is 2.77 bits per heavy atom. The minimum atomic E-state index is -0.629. The van der Waals surface area contributed by atoms with Gasteiger partial charge in [0.1, 0.15) is 11.4 Å². The summed E-state index contributed by atoms with van der Waals surface area (Å²) in [4.78, 5) is 19.8. The van der Waals surface area contributed by atoms with Gasteiger partial charge < -0.3 is 19.5 Å². The van der Waals surface area contributed by atoms with Gasteiger partial charge in [-0.1, -0.05) is 5.92 Å². The standard InChI is InChI=1S/C18H26ClN3O4/c1-6-25-15(24-5)10-9-13-12-21-17(19)22-16(13)20-11-7-8-14(23)26-18(2,3)4/h12,15H,6-8,11H2,1-5H3,(H,20,21,22). The summed E-state index contributed by atoms with van der Waals surface area (Å²) in [6.45, 7) is 8.38. The molecular weight excluding hydrogens is 358 g/mol. The van der Waals surface area contributed by atoms with Gasteiger partial charge in [-0.05, 0) is 51.6 Å². The molecule has 8 heteroatoms. The predicted octanol–water partition coefficient (Wildman–Crippen LogP) is 3.02. The summed E-state index contributed by atoms with van der Waals surface area (Å²) in [6, 6.07) is 0. The van der Waals surface area contributed by atoms with Crippen LogP contribution >= 0.6 is 11.6 Å². The van der Waals surface area contributed by atoms with Gasteiger partial charge in [-0.15, -0.1) is 0 Å². The highest BCUT2D eigenvalue weighted by atomic mass is 35.5. The van der Waals surface area contributed by atoms with E-state index in [0.717, 1.165) is 0 Å². The summed E-state index contributed by atoms with van der Waals surface area (Å²) >= 11 is 5.86. The van der Waals surface area contributed by atoms with Crippen molar-refractivity contribution in [2.24, 2.45) is 0 Å². The summed E-state index contributed by atoms with van der Waals surface area (Å²) in [7, 11) is 1.52. The molecule has 0 aliphatic carbocycles. The van der Waals surface area contributed by atoms with Crippen molar-refractivity contribution >= 4 is 23.4 Å². The van der Waals surface area contributed by atoms with Crippen LogP contribution in [0.15, 0.2) is 6.20 Å². The molecular formula is C18H26ClN3O4. The van der Waals surface area contributed by atoms with E-state index in [-0.39, 0.29) is 11.3 Å². The molecule has 0 spiro atoms. The lowest BCUT2D eigenvalue weighted by atomic mass is 10.2. The smallest absolute Gasteiger partial charge is 0.306 e. The van der Waals surface area contributed by atoms with Gasteiger partial charge in [0.15, 0.2) is 0 Å². The van der Waals surface area contributed by atoms with Crippen molar-refractivity contribution in [3.8, 4) is 11.8 Å². The normalized spacial score (nSPS) is 12.1. The third-order valence-electron chi connectivity index (χ3n) is 2.89. The highest BCUT2D eigenvalue weighted by Crippen LogP contribution is 2.14. The Morgan fingerprint density at radius 1 is 1.42 bits per heavy atom. The predicted molar refractivity (Wildman–Crippen MR) is 99.9 cm³/mol. The number of aromatic nitrogens is 2. The number of ether oxygens (including phenoxy) is 3. The Kier molecular flexibility index (Phi) is 9.35. The lowest BCUT2D eigenvalue weighted by Crippen LogP contribution is -2.24. The number of carbonyl (C=O) groups excluding carboxylic acids is 1. The van der Waals surface area contributed by atoms with Gasteiger partial charge in [0.05, 0.1) is 5.56 Å². The van der Waals surface area contributed by atoms with E-state index in [4.69, 9.17) is 25.8 Å². The van der Waals surface area contributed by atoms with Gasteiger partial charge in [-0.3, -0.25) is 4.79 Å². The quantitative estimate of drug-likeness (QED) is 0.243. The Morgan fingerprint density at radius 2 is 2.15 bits per heavy atom. The van der Waals surface area contributed by atoms with Crippen LogP contribution in [0.2, 0.25) is 5.28 Å². The number of rotatable bonds is 8. The molecule has 1 unspecified atom stereocenters. The van der Waals surface area contributed by atoms with E-state index in [1.807, 2.05) is 27.7 Å². The third-order valence-corrected chi connectivity index (χ3v) is 3.07. The first-order chi connectivity index (χ1) is 12.2. The summed E-state index contributed by atoms with van der Waals surface area (Å²) in [5.41, 5.74) is 0.0831. The zero-order valence-electron chi connectivity index (χ0n) is 15.9. The number of hydrogen-bond donors (Lipinski definition) is 1. The minimum absolute atomic E-state index is 0.110.